The molecule has 0 atom stereocenters. The van der Waals surface area contributed by atoms with Crippen LogP contribution >= 0.6 is 22.9 Å². The van der Waals surface area contributed by atoms with Gasteiger partial charge in [-0.2, -0.15) is 0 Å². The van der Waals surface area contributed by atoms with Gasteiger partial charge in [-0.1, -0.05) is 24.3 Å². The van der Waals surface area contributed by atoms with E-state index in [1.165, 1.54) is 23.5 Å². The van der Waals surface area contributed by atoms with Crippen LogP contribution in [0.3, 0.4) is 0 Å². The number of hydrogen-bond donors (Lipinski definition) is 0. The van der Waals surface area contributed by atoms with Crippen LogP contribution in [-0.4, -0.2) is 16.6 Å². The molecule has 0 aliphatic rings. The van der Waals surface area contributed by atoms with E-state index in [9.17, 15) is 13.6 Å². The Kier molecular flexibility index (Phi) is 4.04. The summed E-state index contributed by atoms with van der Waals surface area (Å²) in [7, 11) is 0. The third kappa shape index (κ3) is 2.73. The maximum atomic E-state index is 12.4. The van der Waals surface area contributed by atoms with Gasteiger partial charge in [0.25, 0.3) is 6.43 Å². The van der Waals surface area contributed by atoms with Crippen LogP contribution in [0.15, 0.2) is 29.6 Å². The maximum absolute atomic E-state index is 12.4. The van der Waals surface area contributed by atoms with Gasteiger partial charge < -0.3 is 0 Å². The van der Waals surface area contributed by atoms with Crippen LogP contribution in [-0.2, 0) is 0 Å². The zero-order valence-electron chi connectivity index (χ0n) is 9.07. The van der Waals surface area contributed by atoms with Crippen LogP contribution in [0.4, 0.5) is 8.78 Å². The molecular weight excluding hydrogens is 280 g/mol. The number of rotatable bonds is 4. The van der Waals surface area contributed by atoms with E-state index in [-0.39, 0.29) is 17.2 Å². The van der Waals surface area contributed by atoms with Crippen molar-refractivity contribution in [3.05, 3.63) is 40.9 Å². The number of thiazole rings is 1. The highest BCUT2D eigenvalue weighted by atomic mass is 35.5. The van der Waals surface area contributed by atoms with Crippen LogP contribution in [0.5, 0.6) is 0 Å². The summed E-state index contributed by atoms with van der Waals surface area (Å²) >= 11 is 6.71. The number of hydrogen-bond acceptors (Lipinski definition) is 3. The molecule has 18 heavy (non-hydrogen) atoms. The van der Waals surface area contributed by atoms with Crippen LogP contribution in [0, 0.1) is 0 Å². The Morgan fingerprint density at radius 2 is 2.00 bits per heavy atom. The largest absolute Gasteiger partial charge is 0.291 e. The van der Waals surface area contributed by atoms with Crippen LogP contribution in [0.2, 0.25) is 0 Å². The minimum absolute atomic E-state index is 0.0348. The SMILES string of the molecule is O=C(CCl)c1csc(-c2ccc(C(F)F)cc2)n1. The smallest absolute Gasteiger partial charge is 0.263 e. The first-order valence-corrected chi connectivity index (χ1v) is 6.46. The summed E-state index contributed by atoms with van der Waals surface area (Å²) < 4.78 is 24.8. The Morgan fingerprint density at radius 3 is 2.56 bits per heavy atom. The second-order valence-corrected chi connectivity index (χ2v) is 4.64. The predicted molar refractivity (Wildman–Crippen MR) is 67.6 cm³/mol. The lowest BCUT2D eigenvalue weighted by Crippen LogP contribution is -2.00. The van der Waals surface area contributed by atoms with E-state index in [1.54, 1.807) is 17.5 Å². The van der Waals surface area contributed by atoms with Gasteiger partial charge in [-0.05, 0) is 0 Å². The standard InChI is InChI=1S/C12H8ClF2NOS/c13-5-10(17)9-6-18-12(16-9)8-3-1-7(2-4-8)11(14)15/h1-4,6,11H,5H2. The normalized spacial score (nSPS) is 10.9. The molecule has 6 heteroatoms. The van der Waals surface area contributed by atoms with Gasteiger partial charge in [0.1, 0.15) is 10.7 Å². The molecule has 1 aromatic heterocycles. The van der Waals surface area contributed by atoms with Gasteiger partial charge >= 0.3 is 0 Å². The van der Waals surface area contributed by atoms with Gasteiger partial charge in [-0.15, -0.1) is 22.9 Å². The van der Waals surface area contributed by atoms with E-state index in [0.717, 1.165) is 0 Å². The molecule has 0 radical (unpaired) electrons. The molecule has 1 heterocycles. The fourth-order valence-corrected chi connectivity index (χ4v) is 2.34. The number of alkyl halides is 3. The Morgan fingerprint density at radius 1 is 1.33 bits per heavy atom. The number of Topliss-reactive ketones (excluding diaryl/α,β-unsaturated/α-hetero) is 1. The summed E-state index contributed by atoms with van der Waals surface area (Å²) in [6, 6.07) is 5.83. The van der Waals surface area contributed by atoms with E-state index in [2.05, 4.69) is 4.98 Å². The predicted octanol–water partition coefficient (Wildman–Crippen LogP) is 4.17. The topological polar surface area (TPSA) is 30.0 Å². The first-order chi connectivity index (χ1) is 8.61. The van der Waals surface area contributed by atoms with Gasteiger partial charge in [0, 0.05) is 16.5 Å². The molecule has 0 bridgehead atoms. The van der Waals surface area contributed by atoms with Crippen molar-refractivity contribution >= 4 is 28.7 Å². The molecule has 0 unspecified atom stereocenters. The molecule has 0 fully saturated rings. The van der Waals surface area contributed by atoms with E-state index in [4.69, 9.17) is 11.6 Å². The summed E-state index contributed by atoms with van der Waals surface area (Å²) in [6.07, 6.45) is -2.48. The third-order valence-electron chi connectivity index (χ3n) is 2.32. The molecule has 0 amide bonds. The molecule has 0 saturated heterocycles. The Balaban J connectivity index is 2.26. The monoisotopic (exact) mass is 287 g/mol. The summed E-state index contributed by atoms with van der Waals surface area (Å²) in [4.78, 5) is 15.4. The number of carbonyl (C=O) groups excluding carboxylic acids is 1. The molecule has 0 aliphatic carbocycles. The summed E-state index contributed by atoms with van der Waals surface area (Å²) in [5.74, 6) is -0.364. The number of aromatic nitrogens is 1. The highest BCUT2D eigenvalue weighted by Crippen LogP contribution is 2.26. The van der Waals surface area contributed by atoms with E-state index in [0.29, 0.717) is 16.3 Å². The van der Waals surface area contributed by atoms with Gasteiger partial charge in [-0.3, -0.25) is 4.79 Å². The number of carbonyl (C=O) groups is 1. The van der Waals surface area contributed by atoms with Crippen molar-refractivity contribution in [1.82, 2.24) is 4.98 Å². The molecule has 0 spiro atoms. The van der Waals surface area contributed by atoms with Crippen LogP contribution in [0.25, 0.3) is 10.6 Å². The van der Waals surface area contributed by atoms with Crippen molar-refractivity contribution in [2.75, 3.05) is 5.88 Å². The third-order valence-corrected chi connectivity index (χ3v) is 3.45. The molecular formula is C12H8ClF2NOS. The van der Waals surface area contributed by atoms with Gasteiger partial charge in [-0.25, -0.2) is 13.8 Å². The lowest BCUT2D eigenvalue weighted by Gasteiger charge is -2.00. The van der Waals surface area contributed by atoms with Crippen LogP contribution in [0.1, 0.15) is 22.5 Å². The quantitative estimate of drug-likeness (QED) is 0.624. The second kappa shape index (κ2) is 5.54. The van der Waals surface area contributed by atoms with E-state index >= 15 is 0 Å². The van der Waals surface area contributed by atoms with Crippen molar-refractivity contribution in [2.45, 2.75) is 6.43 Å². The molecule has 2 rings (SSSR count). The number of nitrogens with zero attached hydrogens (tertiary/aromatic N) is 1. The van der Waals surface area contributed by atoms with E-state index in [1.807, 2.05) is 0 Å². The number of ketones is 1. The molecule has 0 saturated carbocycles. The average molecular weight is 288 g/mol. The highest BCUT2D eigenvalue weighted by Gasteiger charge is 2.12. The molecule has 2 aromatic rings. The van der Waals surface area contributed by atoms with Crippen molar-refractivity contribution in [3.8, 4) is 10.6 Å². The van der Waals surface area contributed by atoms with Gasteiger partial charge in [0.2, 0.25) is 0 Å². The van der Waals surface area contributed by atoms with Crippen LogP contribution < -0.4 is 0 Å². The summed E-state index contributed by atoms with van der Waals surface area (Å²) in [5, 5.41) is 2.23. The second-order valence-electron chi connectivity index (χ2n) is 3.52. The minimum Gasteiger partial charge on any atom is -0.291 e. The lowest BCUT2D eigenvalue weighted by atomic mass is 10.1. The summed E-state index contributed by atoms with van der Waals surface area (Å²) in [5.41, 5.74) is 0.980. The van der Waals surface area contributed by atoms with Gasteiger partial charge in [0.05, 0.1) is 5.88 Å². The van der Waals surface area contributed by atoms with Crippen molar-refractivity contribution in [2.24, 2.45) is 0 Å². The Hall–Kier alpha value is -1.33. The fourth-order valence-electron chi connectivity index (χ4n) is 1.37. The Labute approximate surface area is 111 Å². The van der Waals surface area contributed by atoms with Gasteiger partial charge in [0.15, 0.2) is 5.78 Å². The highest BCUT2D eigenvalue weighted by molar-refractivity contribution is 7.13. The lowest BCUT2D eigenvalue weighted by molar-refractivity contribution is 0.101. The number of benzene rings is 1. The zero-order chi connectivity index (χ0) is 13.1. The van der Waals surface area contributed by atoms with Crippen molar-refractivity contribution in [1.29, 1.82) is 0 Å². The zero-order valence-corrected chi connectivity index (χ0v) is 10.6. The molecule has 94 valence electrons. The first-order valence-electron chi connectivity index (χ1n) is 5.05. The van der Waals surface area contributed by atoms with Crippen molar-refractivity contribution in [3.63, 3.8) is 0 Å². The maximum Gasteiger partial charge on any atom is 0.263 e. The molecule has 0 N–H and O–H groups in total. The van der Waals surface area contributed by atoms with Crippen molar-refractivity contribution < 1.29 is 13.6 Å². The first kappa shape index (κ1) is 13.1. The number of halogens is 3. The van der Waals surface area contributed by atoms with E-state index < -0.39 is 6.43 Å². The molecule has 2 nitrogen and oxygen atoms in total. The fraction of sp³-hybridized carbons (Fsp3) is 0.167. The minimum atomic E-state index is -2.48. The average Bonchev–Trinajstić information content (AvgIpc) is 2.87. The Bertz CT molecular complexity index is 553. The molecule has 1 aromatic carbocycles. The molecule has 0 aliphatic heterocycles. The summed E-state index contributed by atoms with van der Waals surface area (Å²) in [6.45, 7) is 0.